The van der Waals surface area contributed by atoms with E-state index in [4.69, 9.17) is 5.73 Å². The average Bonchev–Trinajstić information content (AvgIpc) is 2.70. The molecule has 118 valence electrons. The van der Waals surface area contributed by atoms with Gasteiger partial charge in [0.05, 0.1) is 11.5 Å². The van der Waals surface area contributed by atoms with Crippen molar-refractivity contribution in [2.75, 3.05) is 11.5 Å². The fraction of sp³-hybridized carbons (Fsp3) is 0.455. The summed E-state index contributed by atoms with van der Waals surface area (Å²) >= 11 is 3.10. The molecule has 1 aromatic rings. The molecule has 1 aliphatic rings. The van der Waals surface area contributed by atoms with Crippen LogP contribution in [-0.2, 0) is 26.4 Å². The second-order valence-corrected chi connectivity index (χ2v) is 9.63. The maximum absolute atomic E-state index is 14.1. The molecule has 6 nitrogen and oxygen atoms in total. The maximum Gasteiger partial charge on any atom is 0.243 e. The summed E-state index contributed by atoms with van der Waals surface area (Å²) in [6, 6.07) is 1.79. The molecule has 0 radical (unpaired) electrons. The van der Waals surface area contributed by atoms with Crippen LogP contribution < -0.4 is 10.5 Å². The van der Waals surface area contributed by atoms with Crippen molar-refractivity contribution in [2.45, 2.75) is 23.9 Å². The highest BCUT2D eigenvalue weighted by Crippen LogP contribution is 2.25. The molecular weight excluding hydrogens is 387 g/mol. The Hall–Kier alpha value is -0.550. The number of hydrogen-bond donors (Lipinski definition) is 2. The number of halogens is 2. The van der Waals surface area contributed by atoms with E-state index in [9.17, 15) is 21.2 Å². The molecule has 2 rings (SSSR count). The van der Waals surface area contributed by atoms with Gasteiger partial charge >= 0.3 is 0 Å². The number of nitrogens with one attached hydrogen (secondary N) is 1. The number of benzene rings is 1. The molecule has 21 heavy (non-hydrogen) atoms. The summed E-state index contributed by atoms with van der Waals surface area (Å²) in [5.74, 6) is -1.27. The van der Waals surface area contributed by atoms with Crippen molar-refractivity contribution in [1.29, 1.82) is 0 Å². The summed E-state index contributed by atoms with van der Waals surface area (Å²) < 4.78 is 63.9. The van der Waals surface area contributed by atoms with Crippen molar-refractivity contribution < 1.29 is 21.2 Å². The first-order valence-corrected chi connectivity index (χ1v) is 10.1. The molecule has 0 bridgehead atoms. The quantitative estimate of drug-likeness (QED) is 0.765. The average molecular weight is 401 g/mol. The van der Waals surface area contributed by atoms with Crippen LogP contribution in [0.1, 0.15) is 12.0 Å². The Morgan fingerprint density at radius 3 is 2.62 bits per heavy atom. The topological polar surface area (TPSA) is 106 Å². The van der Waals surface area contributed by atoms with Crippen LogP contribution in [0.5, 0.6) is 0 Å². The molecule has 1 aromatic carbocycles. The van der Waals surface area contributed by atoms with Gasteiger partial charge in [-0.2, -0.15) is 0 Å². The third kappa shape index (κ3) is 3.81. The first-order chi connectivity index (χ1) is 9.64. The van der Waals surface area contributed by atoms with E-state index in [1.54, 1.807) is 0 Å². The normalized spacial score (nSPS) is 21.6. The highest BCUT2D eigenvalue weighted by atomic mass is 79.9. The predicted molar refractivity (Wildman–Crippen MR) is 79.4 cm³/mol. The lowest BCUT2D eigenvalue weighted by Gasteiger charge is -2.14. The van der Waals surface area contributed by atoms with Crippen LogP contribution in [0.2, 0.25) is 0 Å². The minimum absolute atomic E-state index is 0.0591. The van der Waals surface area contributed by atoms with E-state index in [1.807, 2.05) is 0 Å². The van der Waals surface area contributed by atoms with Gasteiger partial charge in [-0.1, -0.05) is 15.9 Å². The van der Waals surface area contributed by atoms with Crippen LogP contribution in [0.15, 0.2) is 21.5 Å². The molecule has 0 spiro atoms. The van der Waals surface area contributed by atoms with E-state index >= 15 is 0 Å². The van der Waals surface area contributed by atoms with Gasteiger partial charge in [0.25, 0.3) is 0 Å². The van der Waals surface area contributed by atoms with Gasteiger partial charge in [-0.3, -0.25) is 0 Å². The molecule has 1 atom stereocenters. The Labute approximate surface area is 131 Å². The molecule has 1 unspecified atom stereocenters. The van der Waals surface area contributed by atoms with Crippen molar-refractivity contribution in [3.8, 4) is 0 Å². The number of sulfone groups is 1. The SMILES string of the molecule is NCc1cc(Br)cc(S(=O)(=O)NC2CCS(=O)(=O)C2)c1F. The molecule has 10 heteroatoms. The van der Waals surface area contributed by atoms with Gasteiger partial charge in [0.15, 0.2) is 9.84 Å². The standard InChI is InChI=1S/C11H14BrFN2O4S2/c12-8-3-7(5-14)11(13)10(4-8)21(18,19)15-9-1-2-20(16,17)6-9/h3-4,9,15H,1-2,5-6,14H2. The first-order valence-electron chi connectivity index (χ1n) is 6.05. The van der Waals surface area contributed by atoms with E-state index in [1.165, 1.54) is 6.07 Å². The molecule has 0 aromatic heterocycles. The van der Waals surface area contributed by atoms with E-state index in [0.717, 1.165) is 6.07 Å². The Bertz CT molecular complexity index is 765. The zero-order valence-electron chi connectivity index (χ0n) is 10.8. The minimum atomic E-state index is -4.15. The summed E-state index contributed by atoms with van der Waals surface area (Å²) in [6.07, 6.45) is 0.181. The van der Waals surface area contributed by atoms with Gasteiger partial charge in [-0.15, -0.1) is 0 Å². The molecule has 0 saturated carbocycles. The highest BCUT2D eigenvalue weighted by molar-refractivity contribution is 9.10. The van der Waals surface area contributed by atoms with Crippen LogP contribution in [0.4, 0.5) is 4.39 Å². The molecule has 1 heterocycles. The van der Waals surface area contributed by atoms with Gasteiger partial charge in [0.1, 0.15) is 10.7 Å². The van der Waals surface area contributed by atoms with Gasteiger partial charge in [0, 0.05) is 22.6 Å². The van der Waals surface area contributed by atoms with E-state index in [2.05, 4.69) is 20.7 Å². The molecule has 0 aliphatic carbocycles. The second kappa shape index (κ2) is 5.92. The number of sulfonamides is 1. The van der Waals surface area contributed by atoms with E-state index < -0.39 is 36.6 Å². The molecule has 0 amide bonds. The van der Waals surface area contributed by atoms with Crippen molar-refractivity contribution in [3.05, 3.63) is 28.0 Å². The Kier molecular flexibility index (Phi) is 4.74. The summed E-state index contributed by atoms with van der Waals surface area (Å²) in [4.78, 5) is -0.540. The number of rotatable bonds is 4. The molecule has 3 N–H and O–H groups in total. The van der Waals surface area contributed by atoms with Crippen LogP contribution in [-0.4, -0.2) is 34.4 Å². The zero-order chi connectivity index (χ0) is 15.8. The lowest BCUT2D eigenvalue weighted by atomic mass is 10.2. The molecule has 1 saturated heterocycles. The monoisotopic (exact) mass is 400 g/mol. The van der Waals surface area contributed by atoms with Crippen LogP contribution >= 0.6 is 15.9 Å². The van der Waals surface area contributed by atoms with Crippen LogP contribution in [0.3, 0.4) is 0 Å². The van der Waals surface area contributed by atoms with Crippen molar-refractivity contribution >= 4 is 35.8 Å². The Morgan fingerprint density at radius 2 is 2.10 bits per heavy atom. The van der Waals surface area contributed by atoms with Gasteiger partial charge < -0.3 is 5.73 Å². The minimum Gasteiger partial charge on any atom is -0.326 e. The predicted octanol–water partition coefficient (Wildman–Crippen LogP) is 0.512. The third-order valence-corrected chi connectivity index (χ3v) is 6.89. The fourth-order valence-electron chi connectivity index (χ4n) is 2.13. The van der Waals surface area contributed by atoms with Gasteiger partial charge in [0.2, 0.25) is 10.0 Å². The molecular formula is C11H14BrFN2O4S2. The van der Waals surface area contributed by atoms with E-state index in [-0.39, 0.29) is 30.0 Å². The Balaban J connectivity index is 2.34. The fourth-order valence-corrected chi connectivity index (χ4v) is 5.99. The Morgan fingerprint density at radius 1 is 1.43 bits per heavy atom. The summed E-state index contributed by atoms with van der Waals surface area (Å²) in [5.41, 5.74) is 5.43. The van der Waals surface area contributed by atoms with Crippen molar-refractivity contribution in [3.63, 3.8) is 0 Å². The van der Waals surface area contributed by atoms with Crippen LogP contribution in [0, 0.1) is 5.82 Å². The maximum atomic E-state index is 14.1. The smallest absolute Gasteiger partial charge is 0.243 e. The lowest BCUT2D eigenvalue weighted by molar-refractivity contribution is 0.539. The zero-order valence-corrected chi connectivity index (χ0v) is 14.1. The van der Waals surface area contributed by atoms with E-state index in [0.29, 0.717) is 4.47 Å². The van der Waals surface area contributed by atoms with Crippen molar-refractivity contribution in [1.82, 2.24) is 4.72 Å². The number of hydrogen-bond acceptors (Lipinski definition) is 5. The highest BCUT2D eigenvalue weighted by Gasteiger charge is 2.32. The molecule has 1 aliphatic heterocycles. The second-order valence-electron chi connectivity index (χ2n) is 4.80. The summed E-state index contributed by atoms with van der Waals surface area (Å²) in [7, 11) is -7.39. The summed E-state index contributed by atoms with van der Waals surface area (Å²) in [6.45, 7) is -0.147. The van der Waals surface area contributed by atoms with Crippen molar-refractivity contribution in [2.24, 2.45) is 5.73 Å². The summed E-state index contributed by atoms with van der Waals surface area (Å²) in [5, 5.41) is 0. The van der Waals surface area contributed by atoms with Gasteiger partial charge in [-0.05, 0) is 18.6 Å². The van der Waals surface area contributed by atoms with Gasteiger partial charge in [-0.25, -0.2) is 25.9 Å². The molecule has 1 fully saturated rings. The largest absolute Gasteiger partial charge is 0.326 e. The third-order valence-electron chi connectivity index (χ3n) is 3.14. The first kappa shape index (κ1) is 16.8. The van der Waals surface area contributed by atoms with Crippen LogP contribution in [0.25, 0.3) is 0 Å². The lowest BCUT2D eigenvalue weighted by Crippen LogP contribution is -2.36. The number of nitrogens with two attached hydrogens (primary N) is 1.